The molecule has 0 N–H and O–H groups in total. The van der Waals surface area contributed by atoms with Crippen molar-refractivity contribution in [1.29, 1.82) is 0 Å². The van der Waals surface area contributed by atoms with Crippen LogP contribution in [0.4, 0.5) is 5.69 Å². The number of hydrogen-bond donors (Lipinski definition) is 0. The minimum atomic E-state index is -4.37. The van der Waals surface area contributed by atoms with Gasteiger partial charge in [-0.15, -0.1) is 0 Å². The van der Waals surface area contributed by atoms with Crippen LogP contribution in [0.1, 0.15) is 17.4 Å². The summed E-state index contributed by atoms with van der Waals surface area (Å²) < 4.78 is 85.6. The number of aromatic nitrogens is 1. The Morgan fingerprint density at radius 2 is 1.52 bits per heavy atom. The largest absolute Gasteiger partial charge is 1.00 e. The van der Waals surface area contributed by atoms with Gasteiger partial charge in [0.25, 0.3) is 0 Å². The third kappa shape index (κ3) is 8.57. The van der Waals surface area contributed by atoms with Gasteiger partial charge in [-0.1, -0.05) is 0 Å². The molecule has 0 spiro atoms. The van der Waals surface area contributed by atoms with E-state index in [0.717, 1.165) is 40.2 Å². The second-order valence-corrected chi connectivity index (χ2v) is 17.3. The van der Waals surface area contributed by atoms with E-state index in [0.29, 0.717) is 24.6 Å². The number of methoxy groups -OCH3 is 2. The molecule has 4 aromatic rings. The van der Waals surface area contributed by atoms with Crippen molar-refractivity contribution in [2.45, 2.75) is 19.4 Å². The fourth-order valence-electron chi connectivity index (χ4n) is 4.92. The van der Waals surface area contributed by atoms with Crippen molar-refractivity contribution in [2.24, 2.45) is 0 Å². The Labute approximate surface area is 291 Å². The summed E-state index contributed by atoms with van der Waals surface area (Å²) in [6.45, 7) is 0.668. The molecule has 0 bridgehead atoms. The Morgan fingerprint density at radius 1 is 0.864 bits per heavy atom. The molecule has 0 atom stereocenters. The summed E-state index contributed by atoms with van der Waals surface area (Å²) in [4.78, 5) is 2.10. The molecule has 0 unspecified atom stereocenters. The zero-order valence-electron chi connectivity index (χ0n) is 24.4. The molecular formula is C29H29N2NaO8S2Se2. The minimum absolute atomic E-state index is 0. The summed E-state index contributed by atoms with van der Waals surface area (Å²) in [5.41, 5.74) is 3.93. The van der Waals surface area contributed by atoms with E-state index in [1.54, 1.807) is 14.2 Å². The molecule has 1 aromatic heterocycles. The number of fused-ring (bicyclic) bond motifs is 2. The molecule has 1 aliphatic rings. The van der Waals surface area contributed by atoms with Crippen molar-refractivity contribution in [2.75, 3.05) is 37.2 Å². The maximum Gasteiger partial charge on any atom is 1.00 e. The summed E-state index contributed by atoms with van der Waals surface area (Å²) in [6, 6.07) is 20.0. The standard InChI is InChI=1S/C29H30N2O8S2Se2.Na/c1-38-24-17-23-27(18-25(24)39-2)43-29(31(23)13-7-15-41(35,36)37)19-28-30(12-6-14-40(32,33)34)22-16-21(10-11-26(22)42-28)20-8-4-3-5-9-20;/h3-5,8-11,16-19H,6-7,12-15H2,1-2H3,(H-,32,33,34,35,36,37);/q;+1/p-1. The number of benzene rings is 3. The zero-order valence-corrected chi connectivity index (χ0v) is 31.4. The number of nitrogens with zero attached hydrogens (tertiary/aromatic N) is 2. The number of rotatable bonds is 12. The topological polar surface area (TPSA) is 140 Å². The van der Waals surface area contributed by atoms with Crippen molar-refractivity contribution < 1.29 is 69.5 Å². The molecule has 0 radical (unpaired) electrons. The van der Waals surface area contributed by atoms with Gasteiger partial charge in [0.1, 0.15) is 0 Å². The van der Waals surface area contributed by atoms with Gasteiger partial charge in [-0.25, -0.2) is 0 Å². The van der Waals surface area contributed by atoms with Gasteiger partial charge in [-0.3, -0.25) is 0 Å². The van der Waals surface area contributed by atoms with Crippen LogP contribution in [0.15, 0.2) is 65.3 Å². The van der Waals surface area contributed by atoms with Gasteiger partial charge in [0, 0.05) is 0 Å². The normalized spacial score (nSPS) is 14.1. The van der Waals surface area contributed by atoms with Crippen LogP contribution >= 0.6 is 0 Å². The van der Waals surface area contributed by atoms with Crippen LogP contribution in [-0.2, 0) is 26.8 Å². The molecular weight excluding hydrogens is 749 g/mol. The number of hydrogen-bond acceptors (Lipinski definition) is 9. The van der Waals surface area contributed by atoms with Gasteiger partial charge in [-0.05, 0) is 0 Å². The van der Waals surface area contributed by atoms with Crippen LogP contribution in [0.25, 0.3) is 27.0 Å². The molecule has 0 saturated carbocycles. The summed E-state index contributed by atoms with van der Waals surface area (Å²) >= 11 is -0.291. The summed E-state index contributed by atoms with van der Waals surface area (Å²) in [6.07, 6.45) is 2.42. The molecule has 0 saturated heterocycles. The van der Waals surface area contributed by atoms with Crippen LogP contribution in [-0.4, -0.2) is 87.7 Å². The van der Waals surface area contributed by atoms with E-state index >= 15 is 0 Å². The van der Waals surface area contributed by atoms with Crippen LogP contribution in [0, 0.1) is 0 Å². The van der Waals surface area contributed by atoms with E-state index < -0.39 is 31.7 Å². The molecule has 0 aliphatic carbocycles. The van der Waals surface area contributed by atoms with Crippen molar-refractivity contribution in [3.8, 4) is 22.6 Å². The van der Waals surface area contributed by atoms with Crippen molar-refractivity contribution in [1.82, 2.24) is 0 Å². The van der Waals surface area contributed by atoms with Gasteiger partial charge < -0.3 is 0 Å². The van der Waals surface area contributed by atoms with E-state index in [4.69, 9.17) is 9.47 Å². The second-order valence-electron chi connectivity index (χ2n) is 9.78. The fourth-order valence-corrected chi connectivity index (χ4v) is 11.0. The first-order chi connectivity index (χ1) is 20.5. The molecule has 10 nitrogen and oxygen atoms in total. The monoisotopic (exact) mass is 780 g/mol. The van der Waals surface area contributed by atoms with Gasteiger partial charge in [0.05, 0.1) is 0 Å². The molecule has 44 heavy (non-hydrogen) atoms. The molecule has 3 aromatic carbocycles. The van der Waals surface area contributed by atoms with Crippen molar-refractivity contribution >= 4 is 75.7 Å². The van der Waals surface area contributed by atoms with Crippen molar-refractivity contribution in [3.63, 3.8) is 0 Å². The Balaban J connectivity index is 0.00000442. The SMILES string of the molecule is COc1cc2[se]c(C=C3[Se]c4ccc(-c5ccccc5)cc4N3CCCS(=O)(=O)[O-])[n+](CCCS(=O)(=O)[O-])c2cc1OC.[Na+]. The molecule has 0 amide bonds. The maximum atomic E-state index is 11.4. The first-order valence-corrected chi connectivity index (χ1v) is 19.9. The average Bonchev–Trinajstić information content (AvgIpc) is 3.47. The summed E-state index contributed by atoms with van der Waals surface area (Å²) in [5.74, 6) is 0.194. The Bertz CT molecular complexity index is 1900. The minimum Gasteiger partial charge on any atom is 1.00 e. The molecule has 0 fully saturated rings. The van der Waals surface area contributed by atoms with Gasteiger partial charge in [-0.2, -0.15) is 0 Å². The third-order valence-electron chi connectivity index (χ3n) is 6.87. The fraction of sp³-hybridized carbons (Fsp3) is 0.276. The maximum absolute atomic E-state index is 11.4. The van der Waals surface area contributed by atoms with Crippen LogP contribution in [0.2, 0.25) is 0 Å². The Kier molecular flexibility index (Phi) is 11.9. The molecule has 15 heteroatoms. The van der Waals surface area contributed by atoms with Gasteiger partial charge in [0.2, 0.25) is 0 Å². The first-order valence-electron chi connectivity index (χ1n) is 13.3. The quantitative estimate of drug-likeness (QED) is 0.0996. The van der Waals surface area contributed by atoms with E-state index in [2.05, 4.69) is 29.2 Å². The van der Waals surface area contributed by atoms with Crippen LogP contribution in [0.5, 0.6) is 11.5 Å². The predicted octanol–water partition coefficient (Wildman–Crippen LogP) is -1.11. The molecule has 5 rings (SSSR count). The summed E-state index contributed by atoms with van der Waals surface area (Å²) in [7, 11) is -5.62. The van der Waals surface area contributed by atoms with E-state index in [1.165, 1.54) is 0 Å². The van der Waals surface area contributed by atoms with Crippen LogP contribution in [0.3, 0.4) is 0 Å². The first kappa shape index (κ1) is 35.2. The number of ether oxygens (including phenoxy) is 2. The van der Waals surface area contributed by atoms with Crippen molar-refractivity contribution in [3.05, 3.63) is 69.8 Å². The van der Waals surface area contributed by atoms with Crippen LogP contribution < -0.4 is 53.0 Å². The second kappa shape index (κ2) is 14.8. The van der Waals surface area contributed by atoms with Gasteiger partial charge >= 0.3 is 294 Å². The zero-order chi connectivity index (χ0) is 30.8. The van der Waals surface area contributed by atoms with E-state index in [-0.39, 0.29) is 71.9 Å². The smallest absolute Gasteiger partial charge is 1.00 e. The Hall–Kier alpha value is -1.67. The third-order valence-corrected chi connectivity index (χ3v) is 13.1. The number of anilines is 1. The molecule has 2 heterocycles. The average molecular weight is 779 g/mol. The number of aryl methyl sites for hydroxylation is 1. The van der Waals surface area contributed by atoms with Gasteiger partial charge in [0.15, 0.2) is 0 Å². The Morgan fingerprint density at radius 3 is 2.18 bits per heavy atom. The summed E-state index contributed by atoms with van der Waals surface area (Å²) in [5, 5.41) is 0. The molecule has 1 aliphatic heterocycles. The molecule has 228 valence electrons. The van der Waals surface area contributed by atoms with E-state index in [9.17, 15) is 25.9 Å². The predicted molar refractivity (Wildman–Crippen MR) is 165 cm³/mol. The van der Waals surface area contributed by atoms with E-state index in [1.807, 2.05) is 47.0 Å².